The maximum Gasteiger partial charge on any atom is 0.322 e. The van der Waals surface area contributed by atoms with Crippen molar-refractivity contribution >= 4 is 33.7 Å². The van der Waals surface area contributed by atoms with Crippen molar-refractivity contribution in [1.29, 1.82) is 0 Å². The highest BCUT2D eigenvalue weighted by atomic mass is 16.5. The summed E-state index contributed by atoms with van der Waals surface area (Å²) in [6.07, 6.45) is 3.44. The Kier molecular flexibility index (Phi) is 4.85. The molecule has 3 amide bonds. The zero-order chi connectivity index (χ0) is 24.9. The summed E-state index contributed by atoms with van der Waals surface area (Å²) in [5, 5.41) is 17.4. The van der Waals surface area contributed by atoms with Crippen molar-refractivity contribution in [3.05, 3.63) is 84.7 Å². The fraction of sp³-hybridized carbons (Fsp3) is 0.111. The van der Waals surface area contributed by atoms with Crippen LogP contribution in [0.3, 0.4) is 0 Å². The number of carbonyl (C=O) groups is 2. The molecule has 0 spiro atoms. The van der Waals surface area contributed by atoms with Crippen molar-refractivity contribution in [2.75, 3.05) is 7.11 Å². The maximum atomic E-state index is 13.1. The standard InChI is InChI=1S/C27H21N5O4/c1-36-19-11-8-17-14-32(24(33)20(17)12-19)15-27(25(34)30-26(35)31-27)18-9-6-16(7-10-18)23-13-28-21-4-2-3-5-22(21)29-23/h2-14,33H,15H2,1H3,(H2,30,31,34,35)/t27-/m0/s1. The fourth-order valence-corrected chi connectivity index (χ4v) is 4.65. The van der Waals surface area contributed by atoms with E-state index in [4.69, 9.17) is 4.74 Å². The summed E-state index contributed by atoms with van der Waals surface area (Å²) >= 11 is 0. The van der Waals surface area contributed by atoms with Gasteiger partial charge in [0.05, 0.1) is 36.6 Å². The number of urea groups is 1. The predicted molar refractivity (Wildman–Crippen MR) is 133 cm³/mol. The van der Waals surface area contributed by atoms with Gasteiger partial charge in [-0.05, 0) is 35.9 Å². The average molecular weight is 479 g/mol. The molecule has 5 aromatic rings. The zero-order valence-corrected chi connectivity index (χ0v) is 19.2. The number of methoxy groups -OCH3 is 1. The smallest absolute Gasteiger partial charge is 0.322 e. The lowest BCUT2D eigenvalue weighted by Crippen LogP contribution is -2.47. The molecule has 3 N–H and O–H groups in total. The summed E-state index contributed by atoms with van der Waals surface area (Å²) < 4.78 is 6.81. The molecule has 1 saturated heterocycles. The molecular weight excluding hydrogens is 458 g/mol. The Morgan fingerprint density at radius 1 is 1.03 bits per heavy atom. The minimum atomic E-state index is -1.42. The Bertz CT molecular complexity index is 1660. The van der Waals surface area contributed by atoms with E-state index in [1.807, 2.05) is 42.5 Å². The molecule has 0 saturated carbocycles. The number of aromatic nitrogens is 3. The summed E-state index contributed by atoms with van der Waals surface area (Å²) in [5.41, 5.74) is 2.25. The second-order valence-corrected chi connectivity index (χ2v) is 8.67. The van der Waals surface area contributed by atoms with Crippen LogP contribution in [-0.4, -0.2) is 38.7 Å². The molecule has 6 rings (SSSR count). The van der Waals surface area contributed by atoms with Gasteiger partial charge in [0.1, 0.15) is 5.75 Å². The van der Waals surface area contributed by atoms with E-state index in [1.165, 1.54) is 0 Å². The first-order valence-corrected chi connectivity index (χ1v) is 11.3. The molecule has 2 aromatic heterocycles. The van der Waals surface area contributed by atoms with Gasteiger partial charge >= 0.3 is 6.03 Å². The molecule has 178 valence electrons. The van der Waals surface area contributed by atoms with E-state index >= 15 is 0 Å². The van der Waals surface area contributed by atoms with E-state index in [-0.39, 0.29) is 12.4 Å². The second-order valence-electron chi connectivity index (χ2n) is 8.67. The van der Waals surface area contributed by atoms with E-state index in [0.29, 0.717) is 22.4 Å². The molecule has 9 nitrogen and oxygen atoms in total. The fourth-order valence-electron chi connectivity index (χ4n) is 4.65. The van der Waals surface area contributed by atoms with Crippen molar-refractivity contribution in [2.45, 2.75) is 12.1 Å². The van der Waals surface area contributed by atoms with Crippen molar-refractivity contribution < 1.29 is 19.4 Å². The van der Waals surface area contributed by atoms with Crippen LogP contribution in [0.2, 0.25) is 0 Å². The first-order chi connectivity index (χ1) is 17.5. The molecule has 1 fully saturated rings. The molecular formula is C27H21N5O4. The number of fused-ring (bicyclic) bond motifs is 2. The van der Waals surface area contributed by atoms with Crippen molar-refractivity contribution in [2.24, 2.45) is 0 Å². The number of hydrogen-bond acceptors (Lipinski definition) is 6. The number of aromatic hydroxyl groups is 1. The third-order valence-corrected chi connectivity index (χ3v) is 6.54. The largest absolute Gasteiger partial charge is 0.497 e. The van der Waals surface area contributed by atoms with Gasteiger partial charge in [-0.2, -0.15) is 0 Å². The topological polar surface area (TPSA) is 118 Å². The van der Waals surface area contributed by atoms with E-state index in [2.05, 4.69) is 20.6 Å². The van der Waals surface area contributed by atoms with Crippen LogP contribution in [0, 0.1) is 0 Å². The quantitative estimate of drug-likeness (QED) is 0.331. The molecule has 0 unspecified atom stereocenters. The monoisotopic (exact) mass is 479 g/mol. The SMILES string of the molecule is COc1ccc2cn(C[C@@]3(c4ccc(-c5cnc6ccccc6n5)cc4)NC(=O)NC3=O)c(O)c2c1. The van der Waals surface area contributed by atoms with Crippen LogP contribution >= 0.6 is 0 Å². The van der Waals surface area contributed by atoms with Crippen molar-refractivity contribution in [3.8, 4) is 22.9 Å². The Hall–Kier alpha value is -4.92. The Balaban J connectivity index is 1.39. The Morgan fingerprint density at radius 3 is 2.53 bits per heavy atom. The number of para-hydroxylation sites is 2. The molecule has 0 radical (unpaired) electrons. The van der Waals surface area contributed by atoms with Crippen LogP contribution in [0.15, 0.2) is 79.1 Å². The van der Waals surface area contributed by atoms with Crippen LogP contribution < -0.4 is 15.4 Å². The van der Waals surface area contributed by atoms with Crippen molar-refractivity contribution in [1.82, 2.24) is 25.2 Å². The number of ether oxygens (including phenoxy) is 1. The summed E-state index contributed by atoms with van der Waals surface area (Å²) in [6.45, 7) is -0.0114. The Labute approximate surface area is 205 Å². The number of benzene rings is 3. The Morgan fingerprint density at radius 2 is 1.81 bits per heavy atom. The molecule has 0 aliphatic carbocycles. The summed E-state index contributed by atoms with van der Waals surface area (Å²) in [4.78, 5) is 34.5. The number of hydrogen-bond donors (Lipinski definition) is 3. The van der Waals surface area contributed by atoms with Gasteiger partial charge in [-0.1, -0.05) is 36.4 Å². The molecule has 3 heterocycles. The van der Waals surface area contributed by atoms with Crippen LogP contribution in [0.25, 0.3) is 33.1 Å². The molecule has 1 aliphatic rings. The highest BCUT2D eigenvalue weighted by Crippen LogP contribution is 2.35. The van der Waals surface area contributed by atoms with Crippen LogP contribution in [0.1, 0.15) is 5.56 Å². The van der Waals surface area contributed by atoms with E-state index in [1.54, 1.807) is 48.3 Å². The molecule has 9 heteroatoms. The maximum absolute atomic E-state index is 13.1. The van der Waals surface area contributed by atoms with Gasteiger partial charge in [-0.3, -0.25) is 15.1 Å². The number of rotatable bonds is 5. The van der Waals surface area contributed by atoms with E-state index in [0.717, 1.165) is 22.0 Å². The number of nitrogens with zero attached hydrogens (tertiary/aromatic N) is 3. The van der Waals surface area contributed by atoms with Gasteiger partial charge in [0.25, 0.3) is 5.91 Å². The number of carbonyl (C=O) groups excluding carboxylic acids is 2. The zero-order valence-electron chi connectivity index (χ0n) is 19.2. The predicted octanol–water partition coefficient (Wildman–Crippen LogP) is 3.70. The highest BCUT2D eigenvalue weighted by Gasteiger charge is 2.48. The molecule has 1 aliphatic heterocycles. The highest BCUT2D eigenvalue weighted by molar-refractivity contribution is 6.07. The minimum Gasteiger partial charge on any atom is -0.497 e. The first-order valence-electron chi connectivity index (χ1n) is 11.3. The van der Waals surface area contributed by atoms with Gasteiger partial charge in [0, 0.05) is 22.5 Å². The van der Waals surface area contributed by atoms with Gasteiger partial charge in [-0.25, -0.2) is 9.78 Å². The molecule has 3 aromatic carbocycles. The number of nitrogens with one attached hydrogen (secondary N) is 2. The lowest BCUT2D eigenvalue weighted by molar-refractivity contribution is -0.124. The normalized spacial score (nSPS) is 17.4. The summed E-state index contributed by atoms with van der Waals surface area (Å²) in [6, 6.07) is 19.6. The first kappa shape index (κ1) is 21.6. The van der Waals surface area contributed by atoms with Crippen LogP contribution in [-0.2, 0) is 16.9 Å². The van der Waals surface area contributed by atoms with E-state index in [9.17, 15) is 14.7 Å². The van der Waals surface area contributed by atoms with Crippen LogP contribution in [0.4, 0.5) is 4.79 Å². The molecule has 1 atom stereocenters. The van der Waals surface area contributed by atoms with Crippen molar-refractivity contribution in [3.63, 3.8) is 0 Å². The van der Waals surface area contributed by atoms with Gasteiger partial charge < -0.3 is 19.7 Å². The van der Waals surface area contributed by atoms with Gasteiger partial charge in [0.2, 0.25) is 0 Å². The molecule has 0 bridgehead atoms. The molecule has 36 heavy (non-hydrogen) atoms. The second kappa shape index (κ2) is 8.09. The summed E-state index contributed by atoms with van der Waals surface area (Å²) in [5.74, 6) is 0.0744. The average Bonchev–Trinajstić information content (AvgIpc) is 3.38. The number of amides is 3. The lowest BCUT2D eigenvalue weighted by atomic mass is 9.89. The van der Waals surface area contributed by atoms with Crippen LogP contribution in [0.5, 0.6) is 11.6 Å². The summed E-state index contributed by atoms with van der Waals surface area (Å²) in [7, 11) is 1.55. The van der Waals surface area contributed by atoms with Gasteiger partial charge in [-0.15, -0.1) is 0 Å². The van der Waals surface area contributed by atoms with Gasteiger partial charge in [0.15, 0.2) is 11.4 Å². The minimum absolute atomic E-state index is 0.0114. The van der Waals surface area contributed by atoms with E-state index < -0.39 is 17.5 Å². The third-order valence-electron chi connectivity index (χ3n) is 6.54. The third kappa shape index (κ3) is 3.40. The lowest BCUT2D eigenvalue weighted by Gasteiger charge is -2.27. The number of imide groups is 1.